The molecule has 29 heavy (non-hydrogen) atoms. The number of aliphatic imine (C=N–C) groups is 1. The third kappa shape index (κ3) is 7.84. The van der Waals surface area contributed by atoms with Crippen LogP contribution in [0.4, 0.5) is 0 Å². The molecule has 2 heterocycles. The Morgan fingerprint density at radius 1 is 1.24 bits per heavy atom. The number of hydrogen-bond donors (Lipinski definition) is 2. The fourth-order valence-corrected chi connectivity index (χ4v) is 3.99. The van der Waals surface area contributed by atoms with Crippen molar-refractivity contribution in [3.63, 3.8) is 0 Å². The van der Waals surface area contributed by atoms with E-state index in [1.54, 1.807) is 11.3 Å². The molecule has 1 fully saturated rings. The van der Waals surface area contributed by atoms with E-state index in [0.29, 0.717) is 0 Å². The van der Waals surface area contributed by atoms with Crippen molar-refractivity contribution in [2.75, 3.05) is 45.9 Å². The van der Waals surface area contributed by atoms with Gasteiger partial charge >= 0.3 is 0 Å². The van der Waals surface area contributed by atoms with Gasteiger partial charge in [0.2, 0.25) is 0 Å². The molecule has 1 aromatic heterocycles. The zero-order chi connectivity index (χ0) is 19.6. The van der Waals surface area contributed by atoms with Gasteiger partial charge in [0.1, 0.15) is 0 Å². The van der Waals surface area contributed by atoms with Gasteiger partial charge in [-0.1, -0.05) is 30.3 Å². The monoisotopic (exact) mass is 529 g/mol. The number of nitrogens with zero attached hydrogens (tertiary/aromatic N) is 3. The first-order valence-corrected chi connectivity index (χ1v) is 10.9. The summed E-state index contributed by atoms with van der Waals surface area (Å²) in [5, 5.41) is 10.1. The largest absolute Gasteiger partial charge is 0.379 e. The number of benzene rings is 1. The summed E-state index contributed by atoms with van der Waals surface area (Å²) in [6.07, 6.45) is 0.903. The van der Waals surface area contributed by atoms with E-state index in [-0.39, 0.29) is 30.0 Å². The van der Waals surface area contributed by atoms with Crippen LogP contribution in [0.1, 0.15) is 29.2 Å². The number of hydrogen-bond acceptors (Lipinski definition) is 5. The van der Waals surface area contributed by atoms with E-state index < -0.39 is 0 Å². The summed E-state index contributed by atoms with van der Waals surface area (Å²) >= 11 is 1.70. The topological polar surface area (TPSA) is 61.8 Å². The molecule has 1 aromatic carbocycles. The number of thiazole rings is 1. The standard InChI is InChI=1S/C21H31N5OS.HI/c1-3-22-21(23-10-9-19-16-28-17(2)25-19)24-15-20(18-7-5-4-6-8-18)26-11-13-27-14-12-26;/h4-8,16,20H,3,9-15H2,1-2H3,(H2,22,23,24);1H. The minimum Gasteiger partial charge on any atom is -0.379 e. The third-order valence-electron chi connectivity index (χ3n) is 4.78. The molecular formula is C21H32IN5OS. The van der Waals surface area contributed by atoms with Gasteiger partial charge in [-0.15, -0.1) is 35.3 Å². The molecule has 0 aliphatic carbocycles. The summed E-state index contributed by atoms with van der Waals surface area (Å²) in [5.74, 6) is 0.864. The fourth-order valence-electron chi connectivity index (χ4n) is 3.35. The van der Waals surface area contributed by atoms with E-state index in [9.17, 15) is 0 Å². The van der Waals surface area contributed by atoms with Crippen LogP contribution in [0.15, 0.2) is 40.7 Å². The van der Waals surface area contributed by atoms with E-state index >= 15 is 0 Å². The van der Waals surface area contributed by atoms with E-state index in [1.807, 2.05) is 6.92 Å². The summed E-state index contributed by atoms with van der Waals surface area (Å²) in [6, 6.07) is 10.9. The highest BCUT2D eigenvalue weighted by Gasteiger charge is 2.22. The van der Waals surface area contributed by atoms with Gasteiger partial charge in [-0.2, -0.15) is 0 Å². The van der Waals surface area contributed by atoms with Gasteiger partial charge in [-0.05, 0) is 19.4 Å². The van der Waals surface area contributed by atoms with Gasteiger partial charge in [0.25, 0.3) is 0 Å². The van der Waals surface area contributed by atoms with Crippen molar-refractivity contribution in [3.8, 4) is 0 Å². The van der Waals surface area contributed by atoms with Crippen LogP contribution in [0.5, 0.6) is 0 Å². The van der Waals surface area contributed by atoms with Gasteiger partial charge < -0.3 is 15.4 Å². The lowest BCUT2D eigenvalue weighted by Crippen LogP contribution is -2.42. The van der Waals surface area contributed by atoms with E-state index in [4.69, 9.17) is 9.73 Å². The van der Waals surface area contributed by atoms with Crippen LogP contribution >= 0.6 is 35.3 Å². The highest BCUT2D eigenvalue weighted by atomic mass is 127. The molecule has 0 amide bonds. The molecule has 8 heteroatoms. The SMILES string of the molecule is CCNC(=NCC(c1ccccc1)N1CCOCC1)NCCc1csc(C)n1.I. The first kappa shape index (κ1) is 24.0. The number of morpholine rings is 1. The molecular weight excluding hydrogens is 497 g/mol. The minimum absolute atomic E-state index is 0. The summed E-state index contributed by atoms with van der Waals surface area (Å²) < 4.78 is 5.54. The zero-order valence-corrected chi connectivity index (χ0v) is 20.4. The van der Waals surface area contributed by atoms with E-state index in [0.717, 1.165) is 69.0 Å². The Labute approximate surface area is 195 Å². The lowest BCUT2D eigenvalue weighted by Gasteiger charge is -2.34. The van der Waals surface area contributed by atoms with Crippen molar-refractivity contribution >= 4 is 41.3 Å². The highest BCUT2D eigenvalue weighted by Crippen LogP contribution is 2.22. The van der Waals surface area contributed by atoms with Gasteiger partial charge in [-0.3, -0.25) is 9.89 Å². The Morgan fingerprint density at radius 2 is 2.00 bits per heavy atom. The van der Waals surface area contributed by atoms with Crippen molar-refractivity contribution < 1.29 is 4.74 Å². The first-order valence-electron chi connectivity index (χ1n) is 10.1. The minimum atomic E-state index is 0. The van der Waals surface area contributed by atoms with Crippen LogP contribution < -0.4 is 10.6 Å². The number of nitrogens with one attached hydrogen (secondary N) is 2. The Hall–Kier alpha value is -1.23. The van der Waals surface area contributed by atoms with E-state index in [1.165, 1.54) is 5.56 Å². The van der Waals surface area contributed by atoms with Crippen LogP contribution in [0.2, 0.25) is 0 Å². The number of aromatic nitrogens is 1. The maximum absolute atomic E-state index is 5.54. The Kier molecular flexibility index (Phi) is 10.9. The average molecular weight is 529 g/mol. The molecule has 1 aliphatic rings. The van der Waals surface area contributed by atoms with Crippen molar-refractivity contribution in [2.24, 2.45) is 4.99 Å². The van der Waals surface area contributed by atoms with Crippen LogP contribution in [-0.2, 0) is 11.2 Å². The number of ether oxygens (including phenoxy) is 1. The summed E-state index contributed by atoms with van der Waals surface area (Å²) in [7, 11) is 0. The molecule has 0 radical (unpaired) electrons. The zero-order valence-electron chi connectivity index (χ0n) is 17.3. The van der Waals surface area contributed by atoms with E-state index in [2.05, 4.69) is 63.2 Å². The normalized spacial score (nSPS) is 16.1. The Bertz CT molecular complexity index is 734. The predicted molar refractivity (Wildman–Crippen MR) is 132 cm³/mol. The first-order chi connectivity index (χ1) is 13.8. The summed E-state index contributed by atoms with van der Waals surface area (Å²) in [5.41, 5.74) is 2.45. The molecule has 0 saturated carbocycles. The van der Waals surface area contributed by atoms with Crippen LogP contribution in [0, 0.1) is 6.92 Å². The molecule has 2 N–H and O–H groups in total. The molecule has 0 bridgehead atoms. The van der Waals surface area contributed by atoms with Crippen LogP contribution in [0.3, 0.4) is 0 Å². The van der Waals surface area contributed by atoms with Crippen molar-refractivity contribution in [1.82, 2.24) is 20.5 Å². The van der Waals surface area contributed by atoms with Crippen molar-refractivity contribution in [1.29, 1.82) is 0 Å². The molecule has 160 valence electrons. The van der Waals surface area contributed by atoms with Gasteiger partial charge in [0, 0.05) is 38.0 Å². The molecule has 1 atom stereocenters. The highest BCUT2D eigenvalue weighted by molar-refractivity contribution is 14.0. The second-order valence-electron chi connectivity index (χ2n) is 6.83. The number of aryl methyl sites for hydroxylation is 1. The van der Waals surface area contributed by atoms with Gasteiger partial charge in [0.05, 0.1) is 36.5 Å². The Balaban J connectivity index is 0.00000300. The molecule has 3 rings (SSSR count). The molecule has 0 spiro atoms. The summed E-state index contributed by atoms with van der Waals surface area (Å²) in [4.78, 5) is 11.9. The Morgan fingerprint density at radius 3 is 2.66 bits per heavy atom. The van der Waals surface area contributed by atoms with Gasteiger partial charge in [0.15, 0.2) is 5.96 Å². The quantitative estimate of drug-likeness (QED) is 0.313. The molecule has 1 unspecified atom stereocenters. The van der Waals surface area contributed by atoms with Crippen molar-refractivity contribution in [2.45, 2.75) is 26.3 Å². The number of rotatable bonds is 8. The maximum atomic E-state index is 5.54. The lowest BCUT2D eigenvalue weighted by atomic mass is 10.1. The molecule has 6 nitrogen and oxygen atoms in total. The lowest BCUT2D eigenvalue weighted by molar-refractivity contribution is 0.0180. The third-order valence-corrected chi connectivity index (χ3v) is 5.60. The van der Waals surface area contributed by atoms with Crippen molar-refractivity contribution in [3.05, 3.63) is 52.0 Å². The van der Waals surface area contributed by atoms with Crippen LogP contribution in [-0.4, -0.2) is 61.8 Å². The van der Waals surface area contributed by atoms with Crippen LogP contribution in [0.25, 0.3) is 0 Å². The molecule has 1 saturated heterocycles. The molecule has 1 aliphatic heterocycles. The molecule has 2 aromatic rings. The number of guanidine groups is 1. The average Bonchev–Trinajstić information content (AvgIpc) is 3.15. The second-order valence-corrected chi connectivity index (χ2v) is 7.89. The predicted octanol–water partition coefficient (Wildman–Crippen LogP) is 3.24. The number of halogens is 1. The smallest absolute Gasteiger partial charge is 0.191 e. The maximum Gasteiger partial charge on any atom is 0.191 e. The summed E-state index contributed by atoms with van der Waals surface area (Å²) in [6.45, 7) is 9.99. The van der Waals surface area contributed by atoms with Gasteiger partial charge in [-0.25, -0.2) is 4.98 Å². The second kappa shape index (κ2) is 13.1. The fraction of sp³-hybridized carbons (Fsp3) is 0.524.